The van der Waals surface area contributed by atoms with E-state index in [2.05, 4.69) is 15.3 Å². The number of amides is 1. The fourth-order valence-electron chi connectivity index (χ4n) is 2.60. The van der Waals surface area contributed by atoms with E-state index in [0.717, 1.165) is 35.0 Å². The zero-order valence-electron chi connectivity index (χ0n) is 11.8. The second kappa shape index (κ2) is 4.87. The van der Waals surface area contributed by atoms with E-state index >= 15 is 0 Å². The SMILES string of the molecule is O=C(NC1CC1)c1ccc(-c2cccc3[nH]c(=O)[nH]c23)cc1. The van der Waals surface area contributed by atoms with Gasteiger partial charge in [0, 0.05) is 17.2 Å². The zero-order chi connectivity index (χ0) is 15.1. The van der Waals surface area contributed by atoms with Gasteiger partial charge in [-0.3, -0.25) is 4.79 Å². The van der Waals surface area contributed by atoms with E-state index in [-0.39, 0.29) is 11.6 Å². The molecule has 0 unspecified atom stereocenters. The molecule has 5 heteroatoms. The minimum atomic E-state index is -0.220. The Morgan fingerprint density at radius 2 is 1.82 bits per heavy atom. The topological polar surface area (TPSA) is 77.8 Å². The van der Waals surface area contributed by atoms with Crippen LogP contribution in [0.25, 0.3) is 22.2 Å². The molecule has 1 aromatic heterocycles. The Hall–Kier alpha value is -2.82. The molecule has 0 radical (unpaired) electrons. The van der Waals surface area contributed by atoms with Gasteiger partial charge in [-0.2, -0.15) is 0 Å². The van der Waals surface area contributed by atoms with Gasteiger partial charge in [-0.25, -0.2) is 4.79 Å². The number of hydrogen-bond donors (Lipinski definition) is 3. The molecule has 1 amide bonds. The summed E-state index contributed by atoms with van der Waals surface area (Å²) >= 11 is 0. The Kier molecular flexibility index (Phi) is 2.85. The van der Waals surface area contributed by atoms with Gasteiger partial charge in [-0.1, -0.05) is 24.3 Å². The number of aromatic amines is 2. The molecule has 5 nitrogen and oxygen atoms in total. The van der Waals surface area contributed by atoms with Crippen molar-refractivity contribution in [3.63, 3.8) is 0 Å². The average Bonchev–Trinajstić information content (AvgIpc) is 3.25. The minimum Gasteiger partial charge on any atom is -0.349 e. The van der Waals surface area contributed by atoms with E-state index in [1.54, 1.807) is 0 Å². The molecular weight excluding hydrogens is 278 g/mol. The van der Waals surface area contributed by atoms with Crippen LogP contribution in [0.5, 0.6) is 0 Å². The highest BCUT2D eigenvalue weighted by Crippen LogP contribution is 2.26. The van der Waals surface area contributed by atoms with E-state index in [9.17, 15) is 9.59 Å². The Bertz CT molecular complexity index is 902. The molecule has 1 fully saturated rings. The summed E-state index contributed by atoms with van der Waals surface area (Å²) in [5.41, 5.74) is 3.89. The van der Waals surface area contributed by atoms with E-state index in [1.807, 2.05) is 42.5 Å². The zero-order valence-corrected chi connectivity index (χ0v) is 11.8. The monoisotopic (exact) mass is 293 g/mol. The van der Waals surface area contributed by atoms with Crippen LogP contribution in [-0.4, -0.2) is 21.9 Å². The molecule has 1 aliphatic carbocycles. The maximum Gasteiger partial charge on any atom is 0.323 e. The van der Waals surface area contributed by atoms with E-state index in [4.69, 9.17) is 0 Å². The molecule has 3 aromatic rings. The van der Waals surface area contributed by atoms with Crippen LogP contribution in [0.3, 0.4) is 0 Å². The van der Waals surface area contributed by atoms with Gasteiger partial charge < -0.3 is 15.3 Å². The van der Waals surface area contributed by atoms with Crippen molar-refractivity contribution in [1.82, 2.24) is 15.3 Å². The van der Waals surface area contributed by atoms with E-state index in [1.165, 1.54) is 0 Å². The van der Waals surface area contributed by atoms with E-state index < -0.39 is 0 Å². The number of H-pyrrole nitrogens is 2. The highest BCUT2D eigenvalue weighted by atomic mass is 16.2. The van der Waals surface area contributed by atoms with Crippen LogP contribution >= 0.6 is 0 Å². The fourth-order valence-corrected chi connectivity index (χ4v) is 2.60. The number of aromatic nitrogens is 2. The van der Waals surface area contributed by atoms with Gasteiger partial charge in [0.05, 0.1) is 11.0 Å². The van der Waals surface area contributed by atoms with Crippen LogP contribution in [0.2, 0.25) is 0 Å². The first-order valence-electron chi connectivity index (χ1n) is 7.33. The molecule has 22 heavy (non-hydrogen) atoms. The van der Waals surface area contributed by atoms with Gasteiger partial charge in [-0.05, 0) is 36.6 Å². The first-order chi connectivity index (χ1) is 10.7. The Morgan fingerprint density at radius 1 is 1.05 bits per heavy atom. The van der Waals surface area contributed by atoms with Gasteiger partial charge in [0.25, 0.3) is 5.91 Å². The summed E-state index contributed by atoms with van der Waals surface area (Å²) in [5.74, 6) is -0.0256. The molecule has 0 bridgehead atoms. The number of carbonyl (C=O) groups is 1. The minimum absolute atomic E-state index is 0.0256. The molecule has 0 spiro atoms. The van der Waals surface area contributed by atoms with Gasteiger partial charge in [-0.15, -0.1) is 0 Å². The number of rotatable bonds is 3. The van der Waals surface area contributed by atoms with Crippen LogP contribution in [0, 0.1) is 0 Å². The van der Waals surface area contributed by atoms with Gasteiger partial charge in [0.2, 0.25) is 0 Å². The predicted octanol–water partition coefficient (Wildman–Crippen LogP) is 2.42. The molecule has 1 saturated carbocycles. The lowest BCUT2D eigenvalue weighted by molar-refractivity contribution is 0.0951. The summed E-state index contributed by atoms with van der Waals surface area (Å²) in [5, 5.41) is 2.97. The highest BCUT2D eigenvalue weighted by Gasteiger charge is 2.23. The molecule has 1 heterocycles. The lowest BCUT2D eigenvalue weighted by atomic mass is 10.0. The average molecular weight is 293 g/mol. The molecule has 110 valence electrons. The van der Waals surface area contributed by atoms with Crippen LogP contribution < -0.4 is 11.0 Å². The maximum absolute atomic E-state index is 12.0. The summed E-state index contributed by atoms with van der Waals surface area (Å²) < 4.78 is 0. The number of carbonyl (C=O) groups excluding carboxylic acids is 1. The third kappa shape index (κ3) is 2.30. The van der Waals surface area contributed by atoms with Crippen molar-refractivity contribution in [2.24, 2.45) is 0 Å². The smallest absolute Gasteiger partial charge is 0.323 e. The van der Waals surface area contributed by atoms with Crippen molar-refractivity contribution in [2.45, 2.75) is 18.9 Å². The van der Waals surface area contributed by atoms with Gasteiger partial charge >= 0.3 is 5.69 Å². The van der Waals surface area contributed by atoms with Gasteiger partial charge in [0.15, 0.2) is 0 Å². The van der Waals surface area contributed by atoms with Crippen molar-refractivity contribution >= 4 is 16.9 Å². The lowest BCUT2D eigenvalue weighted by Crippen LogP contribution is -2.25. The summed E-state index contributed by atoms with van der Waals surface area (Å²) in [6, 6.07) is 13.5. The highest BCUT2D eigenvalue weighted by molar-refractivity contribution is 5.96. The second-order valence-electron chi connectivity index (χ2n) is 5.63. The Balaban J connectivity index is 1.69. The maximum atomic E-state index is 12.0. The Morgan fingerprint density at radius 3 is 2.55 bits per heavy atom. The number of hydrogen-bond acceptors (Lipinski definition) is 2. The van der Waals surface area contributed by atoms with Crippen molar-refractivity contribution in [3.05, 3.63) is 58.5 Å². The van der Waals surface area contributed by atoms with Gasteiger partial charge in [0.1, 0.15) is 0 Å². The molecule has 0 atom stereocenters. The normalized spacial score (nSPS) is 14.2. The van der Waals surface area contributed by atoms with Crippen LogP contribution in [-0.2, 0) is 0 Å². The molecule has 0 aliphatic heterocycles. The third-order valence-electron chi connectivity index (χ3n) is 3.92. The van der Waals surface area contributed by atoms with Crippen LogP contribution in [0.4, 0.5) is 0 Å². The number of benzene rings is 2. The molecular formula is C17H15N3O2. The van der Waals surface area contributed by atoms with Crippen LogP contribution in [0.1, 0.15) is 23.2 Å². The first-order valence-corrected chi connectivity index (χ1v) is 7.33. The second-order valence-corrected chi connectivity index (χ2v) is 5.63. The van der Waals surface area contributed by atoms with Crippen molar-refractivity contribution in [2.75, 3.05) is 0 Å². The summed E-state index contributed by atoms with van der Waals surface area (Å²) in [4.78, 5) is 29.0. The molecule has 3 N–H and O–H groups in total. The predicted molar refractivity (Wildman–Crippen MR) is 84.8 cm³/mol. The number of nitrogens with one attached hydrogen (secondary N) is 3. The first kappa shape index (κ1) is 12.9. The molecule has 1 aliphatic rings. The summed E-state index contributed by atoms with van der Waals surface area (Å²) in [7, 11) is 0. The van der Waals surface area contributed by atoms with Crippen molar-refractivity contribution in [3.8, 4) is 11.1 Å². The van der Waals surface area contributed by atoms with E-state index in [0.29, 0.717) is 11.6 Å². The number of para-hydroxylation sites is 1. The van der Waals surface area contributed by atoms with Crippen molar-refractivity contribution < 1.29 is 4.79 Å². The largest absolute Gasteiger partial charge is 0.349 e. The Labute approximate surface area is 126 Å². The van der Waals surface area contributed by atoms with Crippen LogP contribution in [0.15, 0.2) is 47.3 Å². The summed E-state index contributed by atoms with van der Waals surface area (Å²) in [6.45, 7) is 0. The molecule has 0 saturated heterocycles. The number of imidazole rings is 1. The fraction of sp³-hybridized carbons (Fsp3) is 0.176. The number of fused-ring (bicyclic) bond motifs is 1. The standard InChI is InChI=1S/C17H15N3O2/c21-16(18-12-8-9-12)11-6-4-10(5-7-11)13-2-1-3-14-15(13)20-17(22)19-14/h1-7,12H,8-9H2,(H,18,21)(H2,19,20,22). The lowest BCUT2D eigenvalue weighted by Gasteiger charge is -2.06. The molecule has 4 rings (SSSR count). The quantitative estimate of drug-likeness (QED) is 0.693. The third-order valence-corrected chi connectivity index (χ3v) is 3.92. The molecule has 2 aromatic carbocycles. The van der Waals surface area contributed by atoms with Crippen molar-refractivity contribution in [1.29, 1.82) is 0 Å². The summed E-state index contributed by atoms with van der Waals surface area (Å²) in [6.07, 6.45) is 2.15.